The highest BCUT2D eigenvalue weighted by atomic mass is 16.2. The molecule has 0 bridgehead atoms. The van der Waals surface area contributed by atoms with Crippen molar-refractivity contribution in [3.05, 3.63) is 64.2 Å². The normalized spacial score (nSPS) is 20.6. The Hall–Kier alpha value is -3.19. The fourth-order valence-corrected chi connectivity index (χ4v) is 4.62. The molecule has 2 aromatic rings. The van der Waals surface area contributed by atoms with Crippen molar-refractivity contribution in [2.24, 2.45) is 0 Å². The lowest BCUT2D eigenvalue weighted by molar-refractivity contribution is -0.136. The number of piperidine rings is 1. The molecule has 30 heavy (non-hydrogen) atoms. The maximum atomic E-state index is 13.2. The Bertz CT molecular complexity index is 1050. The number of nitrogens with zero attached hydrogens (tertiary/aromatic N) is 1. The van der Waals surface area contributed by atoms with Gasteiger partial charge in [-0.05, 0) is 53.8 Å². The van der Waals surface area contributed by atoms with Crippen LogP contribution in [0.25, 0.3) is 0 Å². The van der Waals surface area contributed by atoms with Crippen LogP contribution in [0.4, 0.5) is 5.69 Å². The van der Waals surface area contributed by atoms with E-state index in [1.165, 1.54) is 11.1 Å². The molecule has 1 atom stereocenters. The molecule has 0 radical (unpaired) electrons. The Balaban J connectivity index is 1.34. The summed E-state index contributed by atoms with van der Waals surface area (Å²) in [6.07, 6.45) is 1.66. The summed E-state index contributed by atoms with van der Waals surface area (Å²) in [4.78, 5) is 38.5. The summed E-state index contributed by atoms with van der Waals surface area (Å²) in [7, 11) is 0. The molecule has 5 rings (SSSR count). The van der Waals surface area contributed by atoms with E-state index < -0.39 is 6.04 Å². The molecule has 0 spiro atoms. The van der Waals surface area contributed by atoms with Gasteiger partial charge in [-0.25, -0.2) is 0 Å². The highest BCUT2D eigenvalue weighted by Crippen LogP contribution is 2.30. The first-order valence-corrected chi connectivity index (χ1v) is 10.4. The monoisotopic (exact) mass is 404 g/mol. The van der Waals surface area contributed by atoms with Crippen molar-refractivity contribution in [2.45, 2.75) is 44.9 Å². The second kappa shape index (κ2) is 7.57. The van der Waals surface area contributed by atoms with Gasteiger partial charge < -0.3 is 15.5 Å². The minimum Gasteiger partial charge on any atom is -0.381 e. The van der Waals surface area contributed by atoms with Gasteiger partial charge in [0.05, 0.1) is 0 Å². The molecule has 0 aliphatic carbocycles. The molecule has 3 amide bonds. The number of hydrogen-bond acceptors (Lipinski definition) is 5. The third-order valence-corrected chi connectivity index (χ3v) is 6.21. The number of carbonyl (C=O) groups is 3. The number of amides is 3. The van der Waals surface area contributed by atoms with Crippen LogP contribution in [0.15, 0.2) is 36.4 Å². The second-order valence-electron chi connectivity index (χ2n) is 8.12. The minimum atomic E-state index is -0.585. The van der Waals surface area contributed by atoms with Crippen LogP contribution >= 0.6 is 0 Å². The second-order valence-corrected chi connectivity index (χ2v) is 8.12. The van der Waals surface area contributed by atoms with Gasteiger partial charge in [-0.2, -0.15) is 0 Å². The highest BCUT2D eigenvalue weighted by Gasteiger charge is 2.39. The molecule has 7 nitrogen and oxygen atoms in total. The zero-order valence-electron chi connectivity index (χ0n) is 16.7. The molecule has 2 aromatic carbocycles. The van der Waals surface area contributed by atoms with Crippen LogP contribution in [0.2, 0.25) is 0 Å². The number of hydrogen-bond donors (Lipinski definition) is 3. The summed E-state index contributed by atoms with van der Waals surface area (Å²) in [5.74, 6) is -0.782. The van der Waals surface area contributed by atoms with Gasteiger partial charge in [-0.15, -0.1) is 0 Å². The van der Waals surface area contributed by atoms with E-state index in [2.05, 4.69) is 34.1 Å². The van der Waals surface area contributed by atoms with Crippen LogP contribution in [0.5, 0.6) is 0 Å². The molecule has 1 unspecified atom stereocenters. The molecular formula is C23H24N4O3. The fraction of sp³-hybridized carbons (Fsp3) is 0.348. The molecule has 1 fully saturated rings. The number of fused-ring (bicyclic) bond motifs is 2. The van der Waals surface area contributed by atoms with Crippen molar-refractivity contribution in [3.63, 3.8) is 0 Å². The summed E-state index contributed by atoms with van der Waals surface area (Å²) >= 11 is 0. The smallest absolute Gasteiger partial charge is 0.255 e. The summed E-state index contributed by atoms with van der Waals surface area (Å²) in [6, 6.07) is 11.7. The van der Waals surface area contributed by atoms with Crippen molar-refractivity contribution in [3.8, 4) is 0 Å². The van der Waals surface area contributed by atoms with Gasteiger partial charge in [-0.3, -0.25) is 19.7 Å². The van der Waals surface area contributed by atoms with Gasteiger partial charge in [0.15, 0.2) is 0 Å². The van der Waals surface area contributed by atoms with Crippen LogP contribution in [-0.4, -0.2) is 35.2 Å². The Morgan fingerprint density at radius 2 is 1.93 bits per heavy atom. The van der Waals surface area contributed by atoms with Gasteiger partial charge in [0.1, 0.15) is 6.04 Å². The van der Waals surface area contributed by atoms with Crippen molar-refractivity contribution < 1.29 is 14.4 Å². The average molecular weight is 404 g/mol. The molecule has 3 N–H and O–H groups in total. The molecule has 0 saturated carbocycles. The van der Waals surface area contributed by atoms with Crippen molar-refractivity contribution in [2.75, 3.05) is 11.9 Å². The maximum absolute atomic E-state index is 13.2. The highest BCUT2D eigenvalue weighted by molar-refractivity contribution is 6.06. The fourth-order valence-electron chi connectivity index (χ4n) is 4.62. The molecule has 3 heterocycles. The van der Waals surface area contributed by atoms with Crippen molar-refractivity contribution in [1.29, 1.82) is 0 Å². The number of imide groups is 1. The van der Waals surface area contributed by atoms with E-state index in [9.17, 15) is 14.4 Å². The van der Waals surface area contributed by atoms with E-state index in [1.54, 1.807) is 4.90 Å². The van der Waals surface area contributed by atoms with Crippen LogP contribution in [0.1, 0.15) is 45.5 Å². The molecule has 0 aromatic heterocycles. The van der Waals surface area contributed by atoms with Gasteiger partial charge in [0.2, 0.25) is 11.8 Å². The summed E-state index contributed by atoms with van der Waals surface area (Å²) in [5.41, 5.74) is 6.27. The number of rotatable bonds is 4. The maximum Gasteiger partial charge on any atom is 0.255 e. The van der Waals surface area contributed by atoms with Gasteiger partial charge in [0, 0.05) is 37.3 Å². The number of benzene rings is 2. The molecule has 7 heteroatoms. The van der Waals surface area contributed by atoms with Gasteiger partial charge >= 0.3 is 0 Å². The van der Waals surface area contributed by atoms with E-state index >= 15 is 0 Å². The Morgan fingerprint density at radius 1 is 1.03 bits per heavy atom. The van der Waals surface area contributed by atoms with Crippen LogP contribution in [0.3, 0.4) is 0 Å². The zero-order chi connectivity index (χ0) is 20.7. The van der Waals surface area contributed by atoms with Gasteiger partial charge in [-0.1, -0.05) is 24.3 Å². The number of anilines is 1. The first kappa shape index (κ1) is 18.8. The Labute approximate surface area is 174 Å². The lowest BCUT2D eigenvalue weighted by Crippen LogP contribution is -2.52. The van der Waals surface area contributed by atoms with Crippen LogP contribution in [0, 0.1) is 0 Å². The van der Waals surface area contributed by atoms with E-state index in [0.29, 0.717) is 25.1 Å². The lowest BCUT2D eigenvalue weighted by Gasteiger charge is -2.29. The third-order valence-electron chi connectivity index (χ3n) is 6.21. The summed E-state index contributed by atoms with van der Waals surface area (Å²) in [6.45, 7) is 2.84. The van der Waals surface area contributed by atoms with E-state index in [1.807, 2.05) is 18.2 Å². The Kier molecular flexibility index (Phi) is 4.75. The van der Waals surface area contributed by atoms with Crippen LogP contribution in [-0.2, 0) is 35.6 Å². The largest absolute Gasteiger partial charge is 0.381 e. The first-order chi connectivity index (χ1) is 14.6. The van der Waals surface area contributed by atoms with E-state index in [-0.39, 0.29) is 24.1 Å². The molecule has 3 aliphatic rings. The molecule has 154 valence electrons. The predicted molar refractivity (Wildman–Crippen MR) is 112 cm³/mol. The molecule has 1 saturated heterocycles. The summed E-state index contributed by atoms with van der Waals surface area (Å²) < 4.78 is 0. The third kappa shape index (κ3) is 3.35. The topological polar surface area (TPSA) is 90.5 Å². The molecular weight excluding hydrogens is 380 g/mol. The average Bonchev–Trinajstić information content (AvgIpc) is 3.09. The van der Waals surface area contributed by atoms with Crippen molar-refractivity contribution >= 4 is 23.4 Å². The number of nitrogens with one attached hydrogen (secondary N) is 3. The van der Waals surface area contributed by atoms with Crippen molar-refractivity contribution in [1.82, 2.24) is 15.5 Å². The number of carbonyl (C=O) groups excluding carboxylic acids is 3. The quantitative estimate of drug-likeness (QED) is 0.675. The predicted octanol–water partition coefficient (Wildman–Crippen LogP) is 1.71. The lowest BCUT2D eigenvalue weighted by atomic mass is 10.00. The SMILES string of the molecule is O=C1CCC(N2Cc3cccc(CNc4ccc5c(c4)CCNC5)c3C2=O)C(=O)N1. The van der Waals surface area contributed by atoms with Crippen LogP contribution < -0.4 is 16.0 Å². The molecule has 3 aliphatic heterocycles. The van der Waals surface area contributed by atoms with E-state index in [0.717, 1.165) is 36.3 Å². The standard InChI is InChI=1S/C23H24N4O3/c28-20-7-6-19(22(29)26-20)27-13-17-3-1-2-16(21(17)23(27)30)12-25-18-5-4-15-11-24-9-8-14(15)10-18/h1-5,10,19,24-25H,6-9,11-13H2,(H,26,28,29). The zero-order valence-corrected chi connectivity index (χ0v) is 16.7. The minimum absolute atomic E-state index is 0.131. The van der Waals surface area contributed by atoms with Gasteiger partial charge in [0.25, 0.3) is 5.91 Å². The first-order valence-electron chi connectivity index (χ1n) is 10.4. The summed E-state index contributed by atoms with van der Waals surface area (Å²) in [5, 5.41) is 9.18. The van der Waals surface area contributed by atoms with E-state index in [4.69, 9.17) is 0 Å². The Morgan fingerprint density at radius 3 is 2.80 bits per heavy atom.